The molecule has 0 aliphatic heterocycles. The number of hydrogen-bond donors (Lipinski definition) is 0. The molecule has 0 heterocycles. The zero-order valence-corrected chi connectivity index (χ0v) is 10.8. The van der Waals surface area contributed by atoms with Crippen molar-refractivity contribution in [1.29, 1.82) is 0 Å². The van der Waals surface area contributed by atoms with E-state index in [-0.39, 0.29) is 0 Å². The molecule has 0 saturated heterocycles. The maximum Gasteiger partial charge on any atom is 0.118 e. The molecule has 0 radical (unpaired) electrons. The first-order chi connectivity index (χ1) is 7.77. The normalized spacial score (nSPS) is 12.4. The first-order valence-corrected chi connectivity index (χ1v) is 6.42. The van der Waals surface area contributed by atoms with Crippen molar-refractivity contribution in [1.82, 2.24) is 0 Å². The maximum atomic E-state index is 5.16. The van der Waals surface area contributed by atoms with Gasteiger partial charge in [-0.2, -0.15) is 0 Å². The second-order valence-corrected chi connectivity index (χ2v) is 4.52. The SMILES string of the molecule is CCCCCCC(C)c1ccc(OC)cc1. The number of methoxy groups -OCH3 is 1. The van der Waals surface area contributed by atoms with Crippen molar-refractivity contribution in [2.45, 2.75) is 51.9 Å². The van der Waals surface area contributed by atoms with Crippen LogP contribution in [0.2, 0.25) is 0 Å². The second kappa shape index (κ2) is 7.32. The quantitative estimate of drug-likeness (QED) is 0.601. The Labute approximate surface area is 99.8 Å². The van der Waals surface area contributed by atoms with E-state index < -0.39 is 0 Å². The first-order valence-electron chi connectivity index (χ1n) is 6.42. The minimum absolute atomic E-state index is 0.669. The topological polar surface area (TPSA) is 9.23 Å². The number of hydrogen-bond acceptors (Lipinski definition) is 1. The van der Waals surface area contributed by atoms with Crippen LogP contribution in [0.25, 0.3) is 0 Å². The highest BCUT2D eigenvalue weighted by molar-refractivity contribution is 5.28. The standard InChI is InChI=1S/C15H24O/c1-4-5-6-7-8-13(2)14-9-11-15(16-3)12-10-14/h9-13H,4-8H2,1-3H3. The van der Waals surface area contributed by atoms with Gasteiger partial charge in [0.1, 0.15) is 5.75 Å². The summed E-state index contributed by atoms with van der Waals surface area (Å²) in [6.07, 6.45) is 6.70. The van der Waals surface area contributed by atoms with Gasteiger partial charge in [0.25, 0.3) is 0 Å². The van der Waals surface area contributed by atoms with Crippen molar-refractivity contribution in [3.63, 3.8) is 0 Å². The Morgan fingerprint density at radius 2 is 1.75 bits per heavy atom. The van der Waals surface area contributed by atoms with E-state index in [1.807, 2.05) is 0 Å². The van der Waals surface area contributed by atoms with Gasteiger partial charge in [0.05, 0.1) is 7.11 Å². The average Bonchev–Trinajstić information content (AvgIpc) is 2.34. The van der Waals surface area contributed by atoms with Crippen LogP contribution in [0.15, 0.2) is 24.3 Å². The predicted molar refractivity (Wildman–Crippen MR) is 70.2 cm³/mol. The van der Waals surface area contributed by atoms with Gasteiger partial charge in [-0.1, -0.05) is 51.7 Å². The van der Waals surface area contributed by atoms with Crippen LogP contribution in [0.3, 0.4) is 0 Å². The molecule has 1 heteroatoms. The third-order valence-corrected chi connectivity index (χ3v) is 3.18. The number of unbranched alkanes of at least 4 members (excludes halogenated alkanes) is 3. The molecule has 16 heavy (non-hydrogen) atoms. The first kappa shape index (κ1) is 13.1. The minimum atomic E-state index is 0.669. The summed E-state index contributed by atoms with van der Waals surface area (Å²) in [5.74, 6) is 1.62. The van der Waals surface area contributed by atoms with Crippen molar-refractivity contribution < 1.29 is 4.74 Å². The summed E-state index contributed by atoms with van der Waals surface area (Å²) < 4.78 is 5.16. The molecule has 0 bridgehead atoms. The Balaban J connectivity index is 2.37. The summed E-state index contributed by atoms with van der Waals surface area (Å²) in [7, 11) is 1.71. The molecular formula is C15H24O. The molecule has 0 spiro atoms. The summed E-state index contributed by atoms with van der Waals surface area (Å²) >= 11 is 0. The fourth-order valence-corrected chi connectivity index (χ4v) is 1.98. The van der Waals surface area contributed by atoms with E-state index in [0.29, 0.717) is 5.92 Å². The Morgan fingerprint density at radius 3 is 2.31 bits per heavy atom. The van der Waals surface area contributed by atoms with Crippen LogP contribution in [0, 0.1) is 0 Å². The fraction of sp³-hybridized carbons (Fsp3) is 0.600. The van der Waals surface area contributed by atoms with E-state index >= 15 is 0 Å². The molecule has 1 unspecified atom stereocenters. The molecule has 1 aromatic carbocycles. The molecule has 90 valence electrons. The van der Waals surface area contributed by atoms with E-state index in [9.17, 15) is 0 Å². The zero-order chi connectivity index (χ0) is 11.8. The molecule has 1 rings (SSSR count). The molecule has 0 N–H and O–H groups in total. The smallest absolute Gasteiger partial charge is 0.118 e. The summed E-state index contributed by atoms with van der Waals surface area (Å²) in [6, 6.07) is 8.47. The Bertz CT molecular complexity index is 276. The summed E-state index contributed by atoms with van der Waals surface area (Å²) in [5, 5.41) is 0. The van der Waals surface area contributed by atoms with E-state index in [1.54, 1.807) is 7.11 Å². The fourth-order valence-electron chi connectivity index (χ4n) is 1.98. The van der Waals surface area contributed by atoms with Crippen LogP contribution < -0.4 is 4.74 Å². The molecule has 1 aromatic rings. The lowest BCUT2D eigenvalue weighted by Crippen LogP contribution is -1.94. The van der Waals surface area contributed by atoms with Crippen molar-refractivity contribution >= 4 is 0 Å². The zero-order valence-electron chi connectivity index (χ0n) is 10.8. The molecular weight excluding hydrogens is 196 g/mol. The van der Waals surface area contributed by atoms with Gasteiger partial charge in [-0.05, 0) is 30.0 Å². The molecule has 0 aliphatic rings. The van der Waals surface area contributed by atoms with Crippen LogP contribution in [0.1, 0.15) is 57.4 Å². The van der Waals surface area contributed by atoms with E-state index in [1.165, 1.54) is 37.7 Å². The molecule has 1 atom stereocenters. The Hall–Kier alpha value is -0.980. The third-order valence-electron chi connectivity index (χ3n) is 3.18. The van der Waals surface area contributed by atoms with Crippen molar-refractivity contribution in [3.05, 3.63) is 29.8 Å². The predicted octanol–water partition coefficient (Wildman–Crippen LogP) is 4.77. The molecule has 1 nitrogen and oxygen atoms in total. The van der Waals surface area contributed by atoms with Gasteiger partial charge in [-0.25, -0.2) is 0 Å². The second-order valence-electron chi connectivity index (χ2n) is 4.52. The number of ether oxygens (including phenoxy) is 1. The van der Waals surface area contributed by atoms with E-state index in [0.717, 1.165) is 5.75 Å². The van der Waals surface area contributed by atoms with Crippen LogP contribution in [-0.2, 0) is 0 Å². The Morgan fingerprint density at radius 1 is 1.06 bits per heavy atom. The summed E-state index contributed by atoms with van der Waals surface area (Å²) in [6.45, 7) is 4.57. The van der Waals surface area contributed by atoms with Gasteiger partial charge in [0.2, 0.25) is 0 Å². The lowest BCUT2D eigenvalue weighted by Gasteiger charge is -2.12. The molecule has 0 saturated carbocycles. The monoisotopic (exact) mass is 220 g/mol. The van der Waals surface area contributed by atoms with Gasteiger partial charge in [-0.3, -0.25) is 0 Å². The number of rotatable bonds is 7. The summed E-state index contributed by atoms with van der Waals surface area (Å²) in [5.41, 5.74) is 1.43. The van der Waals surface area contributed by atoms with Crippen LogP contribution >= 0.6 is 0 Å². The van der Waals surface area contributed by atoms with E-state index in [2.05, 4.69) is 38.1 Å². The highest BCUT2D eigenvalue weighted by atomic mass is 16.5. The average molecular weight is 220 g/mol. The highest BCUT2D eigenvalue weighted by Gasteiger charge is 2.04. The minimum Gasteiger partial charge on any atom is -0.497 e. The Kier molecular flexibility index (Phi) is 5.99. The van der Waals surface area contributed by atoms with Crippen molar-refractivity contribution in [2.75, 3.05) is 7.11 Å². The highest BCUT2D eigenvalue weighted by Crippen LogP contribution is 2.23. The van der Waals surface area contributed by atoms with Crippen LogP contribution in [-0.4, -0.2) is 7.11 Å². The molecule has 0 amide bonds. The number of benzene rings is 1. The van der Waals surface area contributed by atoms with Crippen LogP contribution in [0.4, 0.5) is 0 Å². The maximum absolute atomic E-state index is 5.16. The summed E-state index contributed by atoms with van der Waals surface area (Å²) in [4.78, 5) is 0. The van der Waals surface area contributed by atoms with Gasteiger partial charge in [-0.15, -0.1) is 0 Å². The van der Waals surface area contributed by atoms with Crippen molar-refractivity contribution in [3.8, 4) is 5.75 Å². The van der Waals surface area contributed by atoms with Gasteiger partial charge in [0, 0.05) is 0 Å². The van der Waals surface area contributed by atoms with E-state index in [4.69, 9.17) is 4.74 Å². The largest absolute Gasteiger partial charge is 0.497 e. The van der Waals surface area contributed by atoms with Crippen molar-refractivity contribution in [2.24, 2.45) is 0 Å². The lowest BCUT2D eigenvalue weighted by atomic mass is 9.95. The van der Waals surface area contributed by atoms with Gasteiger partial charge in [0.15, 0.2) is 0 Å². The van der Waals surface area contributed by atoms with Gasteiger partial charge < -0.3 is 4.74 Å². The third kappa shape index (κ3) is 4.26. The molecule has 0 aliphatic carbocycles. The van der Waals surface area contributed by atoms with Gasteiger partial charge >= 0.3 is 0 Å². The molecule has 0 aromatic heterocycles. The van der Waals surface area contributed by atoms with Crippen LogP contribution in [0.5, 0.6) is 5.75 Å². The molecule has 0 fully saturated rings. The lowest BCUT2D eigenvalue weighted by molar-refractivity contribution is 0.414.